The van der Waals surface area contributed by atoms with E-state index in [9.17, 15) is 19.0 Å². The Labute approximate surface area is 199 Å². The molecule has 1 saturated heterocycles. The van der Waals surface area contributed by atoms with E-state index in [1.165, 1.54) is 12.3 Å². The summed E-state index contributed by atoms with van der Waals surface area (Å²) in [6.07, 6.45) is 2.36. The fourth-order valence-corrected chi connectivity index (χ4v) is 4.58. The predicted octanol–water partition coefficient (Wildman–Crippen LogP) is 3.24. The molecule has 0 aliphatic carbocycles. The van der Waals surface area contributed by atoms with E-state index in [1.807, 2.05) is 6.92 Å². The molecule has 182 valence electrons. The number of hydrogen-bond donors (Lipinski definition) is 2. The lowest BCUT2D eigenvalue weighted by Crippen LogP contribution is -2.52. The van der Waals surface area contributed by atoms with Gasteiger partial charge in [-0.25, -0.2) is 18.7 Å². The lowest BCUT2D eigenvalue weighted by atomic mass is 9.90. The first kappa shape index (κ1) is 23.1. The molecule has 5 rings (SSSR count). The lowest BCUT2D eigenvalue weighted by molar-refractivity contribution is -0.0755. The summed E-state index contributed by atoms with van der Waals surface area (Å²) in [5, 5.41) is 28.4. The van der Waals surface area contributed by atoms with Crippen molar-refractivity contribution in [3.63, 3.8) is 0 Å². The summed E-state index contributed by atoms with van der Waals surface area (Å²) in [6.45, 7) is 2.43. The van der Waals surface area contributed by atoms with Crippen molar-refractivity contribution >= 4 is 5.82 Å². The molecule has 4 aromatic rings. The first-order valence-electron chi connectivity index (χ1n) is 11.3. The Morgan fingerprint density at radius 1 is 1.14 bits per heavy atom. The van der Waals surface area contributed by atoms with Crippen molar-refractivity contribution in [2.75, 3.05) is 11.4 Å². The van der Waals surface area contributed by atoms with Crippen LogP contribution in [0.15, 0.2) is 53.4 Å². The number of rotatable bonds is 6. The molecule has 0 bridgehead atoms. The highest BCUT2D eigenvalue weighted by Gasteiger charge is 2.35. The Morgan fingerprint density at radius 3 is 2.71 bits per heavy atom. The average Bonchev–Trinajstić information content (AvgIpc) is 3.51. The Bertz CT molecular complexity index is 1310. The Kier molecular flexibility index (Phi) is 6.27. The monoisotopic (exact) mass is 482 g/mol. The van der Waals surface area contributed by atoms with Crippen LogP contribution in [0.2, 0.25) is 0 Å². The van der Waals surface area contributed by atoms with Gasteiger partial charge in [-0.2, -0.15) is 5.10 Å². The maximum Gasteiger partial charge on any atom is 0.183 e. The van der Waals surface area contributed by atoms with Gasteiger partial charge in [-0.15, -0.1) is 0 Å². The highest BCUT2D eigenvalue weighted by atomic mass is 19.1. The molecular formula is C24H24F2N6O3. The van der Waals surface area contributed by atoms with Crippen LogP contribution in [0.25, 0.3) is 22.9 Å². The van der Waals surface area contributed by atoms with Crippen LogP contribution in [0.5, 0.6) is 0 Å². The molecule has 2 N–H and O–H groups in total. The number of nitrogens with zero attached hydrogens (tertiary/aromatic N) is 6. The number of hydrogen-bond acceptors (Lipinski definition) is 8. The van der Waals surface area contributed by atoms with Crippen LogP contribution in [0.4, 0.5) is 14.6 Å². The number of aromatic nitrogens is 5. The number of halogens is 2. The molecule has 3 aromatic heterocycles. The van der Waals surface area contributed by atoms with Crippen molar-refractivity contribution in [3.05, 3.63) is 66.1 Å². The minimum atomic E-state index is -1.65. The Balaban J connectivity index is 1.56. The van der Waals surface area contributed by atoms with Crippen molar-refractivity contribution < 1.29 is 23.5 Å². The van der Waals surface area contributed by atoms with E-state index in [4.69, 9.17) is 4.52 Å². The average molecular weight is 482 g/mol. The summed E-state index contributed by atoms with van der Waals surface area (Å²) in [5.41, 5.74) is 1.78. The van der Waals surface area contributed by atoms with E-state index in [2.05, 4.69) is 20.2 Å². The van der Waals surface area contributed by atoms with Gasteiger partial charge in [0, 0.05) is 18.2 Å². The van der Waals surface area contributed by atoms with Gasteiger partial charge in [-0.3, -0.25) is 4.68 Å². The van der Waals surface area contributed by atoms with Crippen LogP contribution in [-0.4, -0.2) is 54.0 Å². The molecule has 35 heavy (non-hydrogen) atoms. The van der Waals surface area contributed by atoms with Gasteiger partial charge in [0.05, 0.1) is 24.5 Å². The second kappa shape index (κ2) is 9.51. The van der Waals surface area contributed by atoms with E-state index in [0.717, 1.165) is 19.0 Å². The van der Waals surface area contributed by atoms with Crippen molar-refractivity contribution in [1.29, 1.82) is 0 Å². The number of piperidine rings is 1. The molecule has 1 fully saturated rings. The maximum absolute atomic E-state index is 14.9. The molecule has 9 nitrogen and oxygen atoms in total. The zero-order chi connectivity index (χ0) is 24.5. The minimum Gasteiger partial charge on any atom is -0.366 e. The zero-order valence-electron chi connectivity index (χ0n) is 18.9. The third-order valence-electron chi connectivity index (χ3n) is 6.29. The largest absolute Gasteiger partial charge is 0.366 e. The van der Waals surface area contributed by atoms with Gasteiger partial charge in [0.25, 0.3) is 0 Å². The fraction of sp³-hybridized carbons (Fsp3) is 0.333. The summed E-state index contributed by atoms with van der Waals surface area (Å²) in [4.78, 5) is 10.1. The second-order valence-corrected chi connectivity index (χ2v) is 8.63. The molecule has 1 aliphatic rings. The predicted molar refractivity (Wildman–Crippen MR) is 122 cm³/mol. The van der Waals surface area contributed by atoms with Gasteiger partial charge in [0.1, 0.15) is 23.5 Å². The van der Waals surface area contributed by atoms with Crippen LogP contribution >= 0.6 is 0 Å². The Hall–Kier alpha value is -3.70. The number of aliphatic hydroxyl groups excluding tert-OH is 1. The zero-order valence-corrected chi connectivity index (χ0v) is 18.9. The number of anilines is 1. The molecule has 11 heteroatoms. The topological polar surface area (TPSA) is 113 Å². The smallest absolute Gasteiger partial charge is 0.183 e. The van der Waals surface area contributed by atoms with Gasteiger partial charge in [-0.05, 0) is 30.9 Å². The van der Waals surface area contributed by atoms with Crippen molar-refractivity contribution in [2.24, 2.45) is 5.92 Å². The third kappa shape index (κ3) is 4.52. The summed E-state index contributed by atoms with van der Waals surface area (Å²) >= 11 is 0. The molecule has 0 saturated carbocycles. The number of benzene rings is 1. The van der Waals surface area contributed by atoms with Gasteiger partial charge < -0.3 is 19.6 Å². The Morgan fingerprint density at radius 2 is 1.97 bits per heavy atom. The van der Waals surface area contributed by atoms with E-state index < -0.39 is 18.1 Å². The van der Waals surface area contributed by atoms with Gasteiger partial charge in [0.15, 0.2) is 23.7 Å². The molecular weight excluding hydrogens is 458 g/mol. The van der Waals surface area contributed by atoms with Crippen LogP contribution in [0, 0.1) is 17.6 Å². The molecule has 0 spiro atoms. The van der Waals surface area contributed by atoms with Gasteiger partial charge >= 0.3 is 0 Å². The van der Waals surface area contributed by atoms with E-state index >= 15 is 0 Å². The highest BCUT2D eigenvalue weighted by Crippen LogP contribution is 2.32. The van der Waals surface area contributed by atoms with E-state index in [1.54, 1.807) is 39.9 Å². The lowest BCUT2D eigenvalue weighted by Gasteiger charge is -2.41. The quantitative estimate of drug-likeness (QED) is 0.403. The molecule has 4 heterocycles. The SMILES string of the molecule is C[C@H]1CCCN(c2nc(-c3cc(-c4ccon4)n(Cc4ccccc4F)n3)ncc2F)[C@@H]1C(O)O. The molecule has 0 radical (unpaired) electrons. The van der Waals surface area contributed by atoms with Crippen LogP contribution < -0.4 is 4.90 Å². The van der Waals surface area contributed by atoms with Crippen LogP contribution in [0.3, 0.4) is 0 Å². The summed E-state index contributed by atoms with van der Waals surface area (Å²) in [5.74, 6) is -0.991. The maximum atomic E-state index is 14.9. The van der Waals surface area contributed by atoms with Crippen LogP contribution in [-0.2, 0) is 6.54 Å². The van der Waals surface area contributed by atoms with Gasteiger partial charge in [0.2, 0.25) is 0 Å². The summed E-state index contributed by atoms with van der Waals surface area (Å²) in [6, 6.07) is 9.00. The normalized spacial score (nSPS) is 18.4. The molecule has 1 aliphatic heterocycles. The van der Waals surface area contributed by atoms with Crippen molar-refractivity contribution in [1.82, 2.24) is 24.9 Å². The van der Waals surface area contributed by atoms with Gasteiger partial charge in [-0.1, -0.05) is 30.3 Å². The standard InChI is InChI=1S/C24H24F2N6O3/c1-14-5-4-9-31(21(14)24(33)34)23-17(26)12-27-22(28-23)19-11-20(18-8-10-35-30-18)32(29-19)13-15-6-2-3-7-16(15)25/h2-3,6-8,10-12,14,21,24,33-34H,4-5,9,13H2,1H3/t14-,21-/m0/s1. The fourth-order valence-electron chi connectivity index (χ4n) is 4.58. The van der Waals surface area contributed by atoms with Crippen molar-refractivity contribution in [2.45, 2.75) is 38.6 Å². The highest BCUT2D eigenvalue weighted by molar-refractivity contribution is 5.63. The number of aliphatic hydroxyl groups is 2. The first-order chi connectivity index (χ1) is 16.9. The molecule has 2 atom stereocenters. The molecule has 1 aromatic carbocycles. The molecule has 0 unspecified atom stereocenters. The third-order valence-corrected chi connectivity index (χ3v) is 6.29. The summed E-state index contributed by atoms with van der Waals surface area (Å²) < 4.78 is 35.7. The minimum absolute atomic E-state index is 0.0220. The van der Waals surface area contributed by atoms with Crippen molar-refractivity contribution in [3.8, 4) is 22.9 Å². The molecule has 0 amide bonds. The first-order valence-corrected chi connectivity index (χ1v) is 11.3. The van der Waals surface area contributed by atoms with Crippen LogP contribution in [0.1, 0.15) is 25.3 Å². The van der Waals surface area contributed by atoms with E-state index in [0.29, 0.717) is 29.2 Å². The van der Waals surface area contributed by atoms with E-state index in [-0.39, 0.29) is 29.9 Å². The summed E-state index contributed by atoms with van der Waals surface area (Å²) in [7, 11) is 0. The second-order valence-electron chi connectivity index (χ2n) is 8.63.